The minimum Gasteiger partial charge on any atom is -0.378 e. The summed E-state index contributed by atoms with van der Waals surface area (Å²) in [5, 5.41) is 3.44. The third kappa shape index (κ3) is 2.08. The summed E-state index contributed by atoms with van der Waals surface area (Å²) in [7, 11) is 0. The highest BCUT2D eigenvalue weighted by molar-refractivity contribution is 5.88. The second-order valence-corrected chi connectivity index (χ2v) is 5.62. The van der Waals surface area contributed by atoms with E-state index in [-0.39, 0.29) is 5.54 Å². The molecule has 1 N–H and O–H groups in total. The van der Waals surface area contributed by atoms with Crippen LogP contribution in [0.15, 0.2) is 0 Å². The molecule has 2 heterocycles. The van der Waals surface area contributed by atoms with Crippen LogP contribution in [0.1, 0.15) is 44.9 Å². The van der Waals surface area contributed by atoms with Crippen LogP contribution in [0, 0.1) is 0 Å². The van der Waals surface area contributed by atoms with Gasteiger partial charge in [-0.2, -0.15) is 0 Å². The summed E-state index contributed by atoms with van der Waals surface area (Å²) >= 11 is 0. The number of carbonyl (C=O) groups excluding carboxylic acids is 1. The van der Waals surface area contributed by atoms with Gasteiger partial charge in [0.1, 0.15) is 0 Å². The molecule has 1 spiro atoms. The van der Waals surface area contributed by atoms with E-state index < -0.39 is 0 Å². The predicted molar refractivity (Wildman–Crippen MR) is 64.5 cm³/mol. The Hall–Kier alpha value is -0.610. The zero-order valence-electron chi connectivity index (χ0n) is 10.4. The first-order valence-corrected chi connectivity index (χ1v) is 6.96. The molecule has 3 aliphatic rings. The molecule has 0 aromatic carbocycles. The van der Waals surface area contributed by atoms with Crippen LogP contribution < -0.4 is 5.32 Å². The molecule has 0 aromatic rings. The Kier molecular flexibility index (Phi) is 3.09. The van der Waals surface area contributed by atoms with Gasteiger partial charge in [0.15, 0.2) is 0 Å². The Morgan fingerprint density at radius 2 is 2.18 bits per heavy atom. The number of amides is 1. The molecule has 2 saturated heterocycles. The highest BCUT2D eigenvalue weighted by Gasteiger charge is 2.47. The molecule has 0 aromatic heterocycles. The van der Waals surface area contributed by atoms with Gasteiger partial charge in [0.25, 0.3) is 0 Å². The van der Waals surface area contributed by atoms with Crippen molar-refractivity contribution < 1.29 is 9.53 Å². The lowest BCUT2D eigenvalue weighted by atomic mass is 9.98. The van der Waals surface area contributed by atoms with Gasteiger partial charge in [0.2, 0.25) is 5.91 Å². The Balaban J connectivity index is 1.53. The van der Waals surface area contributed by atoms with Crippen LogP contribution in [0.25, 0.3) is 0 Å². The summed E-state index contributed by atoms with van der Waals surface area (Å²) in [6.45, 7) is 2.50. The molecule has 0 radical (unpaired) electrons. The fraction of sp³-hybridized carbons (Fsp3) is 0.923. The molecular weight excluding hydrogens is 216 g/mol. The number of hydrogen-bond donors (Lipinski definition) is 1. The molecule has 96 valence electrons. The lowest BCUT2D eigenvalue weighted by Gasteiger charge is -2.22. The van der Waals surface area contributed by atoms with Crippen molar-refractivity contribution in [3.05, 3.63) is 0 Å². The quantitative estimate of drug-likeness (QED) is 0.805. The van der Waals surface area contributed by atoms with Crippen LogP contribution in [-0.4, -0.2) is 42.3 Å². The maximum Gasteiger partial charge on any atom is 0.243 e. The fourth-order valence-electron chi connectivity index (χ4n) is 3.42. The van der Waals surface area contributed by atoms with E-state index in [1.54, 1.807) is 0 Å². The van der Waals surface area contributed by atoms with Gasteiger partial charge in [-0.05, 0) is 32.1 Å². The van der Waals surface area contributed by atoms with Gasteiger partial charge in [-0.25, -0.2) is 0 Å². The second kappa shape index (κ2) is 4.58. The molecule has 1 unspecified atom stereocenters. The third-order valence-corrected chi connectivity index (χ3v) is 4.51. The SMILES string of the molecule is O=C1N(CCC2CCCO2)CNC12CCCC2. The Labute approximate surface area is 103 Å². The number of carbonyl (C=O) groups is 1. The van der Waals surface area contributed by atoms with Crippen molar-refractivity contribution >= 4 is 5.91 Å². The number of rotatable bonds is 3. The van der Waals surface area contributed by atoms with E-state index in [1.807, 2.05) is 4.90 Å². The highest BCUT2D eigenvalue weighted by atomic mass is 16.5. The molecule has 0 bridgehead atoms. The lowest BCUT2D eigenvalue weighted by molar-refractivity contribution is -0.132. The molecule has 1 aliphatic carbocycles. The monoisotopic (exact) mass is 238 g/mol. The highest BCUT2D eigenvalue weighted by Crippen LogP contribution is 2.34. The second-order valence-electron chi connectivity index (χ2n) is 5.62. The Morgan fingerprint density at radius 3 is 2.88 bits per heavy atom. The molecular formula is C13H22N2O2. The fourth-order valence-corrected chi connectivity index (χ4v) is 3.42. The molecule has 2 aliphatic heterocycles. The summed E-state index contributed by atoms with van der Waals surface area (Å²) in [4.78, 5) is 14.4. The molecule has 1 atom stereocenters. The van der Waals surface area contributed by atoms with Gasteiger partial charge in [-0.3, -0.25) is 10.1 Å². The maximum atomic E-state index is 12.4. The van der Waals surface area contributed by atoms with Gasteiger partial charge in [0, 0.05) is 13.2 Å². The van der Waals surface area contributed by atoms with Gasteiger partial charge in [0.05, 0.1) is 18.3 Å². The van der Waals surface area contributed by atoms with Crippen LogP contribution >= 0.6 is 0 Å². The van der Waals surface area contributed by atoms with Crippen molar-refractivity contribution in [1.29, 1.82) is 0 Å². The lowest BCUT2D eigenvalue weighted by Crippen LogP contribution is -2.44. The van der Waals surface area contributed by atoms with Crippen molar-refractivity contribution in [2.24, 2.45) is 0 Å². The zero-order chi connectivity index (χ0) is 11.7. The number of nitrogens with one attached hydrogen (secondary N) is 1. The van der Waals surface area contributed by atoms with Crippen LogP contribution in [0.5, 0.6) is 0 Å². The first kappa shape index (κ1) is 11.5. The van der Waals surface area contributed by atoms with E-state index >= 15 is 0 Å². The van der Waals surface area contributed by atoms with E-state index in [1.165, 1.54) is 25.7 Å². The summed E-state index contributed by atoms with van der Waals surface area (Å²) in [6, 6.07) is 0. The third-order valence-electron chi connectivity index (χ3n) is 4.51. The first-order valence-electron chi connectivity index (χ1n) is 6.96. The molecule has 17 heavy (non-hydrogen) atoms. The van der Waals surface area contributed by atoms with Crippen LogP contribution in [-0.2, 0) is 9.53 Å². The molecule has 1 amide bonds. The van der Waals surface area contributed by atoms with Crippen molar-refractivity contribution in [2.75, 3.05) is 19.8 Å². The smallest absolute Gasteiger partial charge is 0.243 e. The summed E-state index contributed by atoms with van der Waals surface area (Å²) in [6.07, 6.45) is 8.19. The topological polar surface area (TPSA) is 41.6 Å². The average molecular weight is 238 g/mol. The van der Waals surface area contributed by atoms with Gasteiger partial charge in [-0.1, -0.05) is 12.8 Å². The van der Waals surface area contributed by atoms with Crippen molar-refractivity contribution in [3.8, 4) is 0 Å². The summed E-state index contributed by atoms with van der Waals surface area (Å²) in [5.41, 5.74) is -0.184. The number of hydrogen-bond acceptors (Lipinski definition) is 3. The molecule has 1 saturated carbocycles. The number of nitrogens with zero attached hydrogens (tertiary/aromatic N) is 1. The predicted octanol–water partition coefficient (Wildman–Crippen LogP) is 1.26. The largest absolute Gasteiger partial charge is 0.378 e. The van der Waals surface area contributed by atoms with E-state index in [4.69, 9.17) is 4.74 Å². The van der Waals surface area contributed by atoms with Gasteiger partial charge in [-0.15, -0.1) is 0 Å². The van der Waals surface area contributed by atoms with Crippen molar-refractivity contribution in [1.82, 2.24) is 10.2 Å². The molecule has 4 nitrogen and oxygen atoms in total. The van der Waals surface area contributed by atoms with Gasteiger partial charge >= 0.3 is 0 Å². The van der Waals surface area contributed by atoms with Gasteiger partial charge < -0.3 is 9.64 Å². The van der Waals surface area contributed by atoms with E-state index in [0.717, 1.165) is 39.1 Å². The summed E-state index contributed by atoms with van der Waals surface area (Å²) in [5.74, 6) is 0.341. The van der Waals surface area contributed by atoms with E-state index in [2.05, 4.69) is 5.32 Å². The van der Waals surface area contributed by atoms with Crippen molar-refractivity contribution in [3.63, 3.8) is 0 Å². The minimum absolute atomic E-state index is 0.184. The van der Waals surface area contributed by atoms with Crippen molar-refractivity contribution in [2.45, 2.75) is 56.6 Å². The Morgan fingerprint density at radius 1 is 1.35 bits per heavy atom. The van der Waals surface area contributed by atoms with E-state index in [9.17, 15) is 4.79 Å². The van der Waals surface area contributed by atoms with E-state index in [0.29, 0.717) is 12.0 Å². The standard InChI is InChI=1S/C13H22N2O2/c16-12-13(6-1-2-7-13)14-10-15(12)8-5-11-4-3-9-17-11/h11,14H,1-10H2. The molecule has 4 heteroatoms. The Bertz CT molecular complexity index is 294. The van der Waals surface area contributed by atoms with Crippen LogP contribution in [0.2, 0.25) is 0 Å². The number of ether oxygens (including phenoxy) is 1. The minimum atomic E-state index is -0.184. The van der Waals surface area contributed by atoms with Crippen LogP contribution in [0.3, 0.4) is 0 Å². The first-order chi connectivity index (χ1) is 8.30. The molecule has 3 fully saturated rings. The van der Waals surface area contributed by atoms with Crippen LogP contribution in [0.4, 0.5) is 0 Å². The molecule has 3 rings (SSSR count). The average Bonchev–Trinajstić information content (AvgIpc) is 3.04. The maximum absolute atomic E-state index is 12.4. The normalized spacial score (nSPS) is 31.9. The zero-order valence-corrected chi connectivity index (χ0v) is 10.4. The summed E-state index contributed by atoms with van der Waals surface area (Å²) < 4.78 is 5.61.